The molecular formula is C27H23ClN4O2. The lowest BCUT2D eigenvalue weighted by Gasteiger charge is -2.27. The summed E-state index contributed by atoms with van der Waals surface area (Å²) < 4.78 is 1.89. The van der Waals surface area contributed by atoms with Gasteiger partial charge in [0.15, 0.2) is 0 Å². The molecule has 0 atom stereocenters. The molecule has 5 rings (SSSR count). The van der Waals surface area contributed by atoms with Gasteiger partial charge in [0.05, 0.1) is 18.8 Å². The molecule has 0 unspecified atom stereocenters. The predicted octanol–water partition coefficient (Wildman–Crippen LogP) is 5.70. The lowest BCUT2D eigenvalue weighted by Crippen LogP contribution is -2.36. The van der Waals surface area contributed by atoms with E-state index in [-0.39, 0.29) is 11.8 Å². The largest absolute Gasteiger partial charge is 0.322 e. The van der Waals surface area contributed by atoms with Gasteiger partial charge in [0.2, 0.25) is 5.91 Å². The number of nitrogens with one attached hydrogen (secondary N) is 1. The van der Waals surface area contributed by atoms with Gasteiger partial charge in [0.1, 0.15) is 5.82 Å². The number of carbonyl (C=O) groups excluding carboxylic acids is 2. The summed E-state index contributed by atoms with van der Waals surface area (Å²) in [5.74, 6) is 0.634. The molecule has 0 saturated heterocycles. The second-order valence-electron chi connectivity index (χ2n) is 8.32. The van der Waals surface area contributed by atoms with Crippen LogP contribution in [0.1, 0.15) is 27.9 Å². The van der Waals surface area contributed by atoms with E-state index < -0.39 is 0 Å². The summed E-state index contributed by atoms with van der Waals surface area (Å²) in [6, 6.07) is 24.6. The normalized spacial score (nSPS) is 13.0. The Balaban J connectivity index is 1.33. The van der Waals surface area contributed by atoms with Gasteiger partial charge in [0.25, 0.3) is 5.91 Å². The molecule has 2 heterocycles. The molecule has 2 amide bonds. The van der Waals surface area contributed by atoms with E-state index in [4.69, 9.17) is 16.7 Å². The molecule has 1 N–H and O–H groups in total. The van der Waals surface area contributed by atoms with Crippen molar-refractivity contribution in [3.05, 3.63) is 101 Å². The van der Waals surface area contributed by atoms with Crippen LogP contribution in [0.4, 0.5) is 11.5 Å². The van der Waals surface area contributed by atoms with Crippen LogP contribution in [-0.2, 0) is 17.9 Å². The number of amides is 2. The van der Waals surface area contributed by atoms with Gasteiger partial charge in [0, 0.05) is 34.3 Å². The SMILES string of the molecule is Cc1ccc(Cl)cc1NC(=O)c1ccc(CN2C(=O)CCn3nc(-c4ccccc4)cc32)cc1. The first-order valence-corrected chi connectivity index (χ1v) is 11.5. The van der Waals surface area contributed by atoms with Gasteiger partial charge in [-0.3, -0.25) is 14.5 Å². The van der Waals surface area contributed by atoms with E-state index in [1.165, 1.54) is 0 Å². The van der Waals surface area contributed by atoms with Gasteiger partial charge in [-0.25, -0.2) is 4.68 Å². The molecule has 1 aliphatic heterocycles. The molecule has 0 saturated carbocycles. The number of hydrogen-bond donors (Lipinski definition) is 1. The first-order chi connectivity index (χ1) is 16.5. The first kappa shape index (κ1) is 21.9. The molecular weight excluding hydrogens is 448 g/mol. The number of aromatic nitrogens is 2. The molecule has 3 aromatic carbocycles. The first-order valence-electron chi connectivity index (χ1n) is 11.1. The van der Waals surface area contributed by atoms with Crippen molar-refractivity contribution < 1.29 is 9.59 Å². The van der Waals surface area contributed by atoms with E-state index in [9.17, 15) is 9.59 Å². The van der Waals surface area contributed by atoms with E-state index in [1.807, 2.05) is 66.2 Å². The Labute approximate surface area is 202 Å². The molecule has 4 aromatic rings. The van der Waals surface area contributed by atoms with Crippen LogP contribution in [-0.4, -0.2) is 21.6 Å². The number of hydrogen-bond acceptors (Lipinski definition) is 3. The maximum absolute atomic E-state index is 12.8. The summed E-state index contributed by atoms with van der Waals surface area (Å²) in [5.41, 5.74) is 4.94. The summed E-state index contributed by atoms with van der Waals surface area (Å²) in [7, 11) is 0. The van der Waals surface area contributed by atoms with E-state index in [1.54, 1.807) is 29.2 Å². The summed E-state index contributed by atoms with van der Waals surface area (Å²) in [5, 5.41) is 8.17. The Bertz CT molecular complexity index is 1360. The third-order valence-corrected chi connectivity index (χ3v) is 6.18. The Morgan fingerprint density at radius 1 is 1.03 bits per heavy atom. The number of benzene rings is 3. The van der Waals surface area contributed by atoms with Crippen LogP contribution in [0.25, 0.3) is 11.3 Å². The van der Waals surface area contributed by atoms with Crippen molar-refractivity contribution in [1.29, 1.82) is 0 Å². The van der Waals surface area contributed by atoms with Crippen molar-refractivity contribution in [2.24, 2.45) is 0 Å². The average molecular weight is 471 g/mol. The van der Waals surface area contributed by atoms with Crippen molar-refractivity contribution in [3.8, 4) is 11.3 Å². The Morgan fingerprint density at radius 2 is 1.79 bits per heavy atom. The fourth-order valence-electron chi connectivity index (χ4n) is 4.04. The molecule has 0 fully saturated rings. The number of nitrogens with zero attached hydrogens (tertiary/aromatic N) is 3. The Morgan fingerprint density at radius 3 is 2.56 bits per heavy atom. The minimum Gasteiger partial charge on any atom is -0.322 e. The van der Waals surface area contributed by atoms with Gasteiger partial charge < -0.3 is 5.32 Å². The second kappa shape index (κ2) is 9.15. The van der Waals surface area contributed by atoms with Crippen molar-refractivity contribution in [3.63, 3.8) is 0 Å². The Kier molecular flexibility index (Phi) is 5.90. The van der Waals surface area contributed by atoms with Crippen molar-refractivity contribution in [2.75, 3.05) is 10.2 Å². The fraction of sp³-hybridized carbons (Fsp3) is 0.148. The molecule has 1 aromatic heterocycles. The molecule has 0 spiro atoms. The molecule has 170 valence electrons. The van der Waals surface area contributed by atoms with Gasteiger partial charge in [-0.1, -0.05) is 60.1 Å². The van der Waals surface area contributed by atoms with Crippen LogP contribution < -0.4 is 10.2 Å². The van der Waals surface area contributed by atoms with E-state index in [2.05, 4.69) is 5.32 Å². The molecule has 0 bridgehead atoms. The van der Waals surface area contributed by atoms with E-state index in [0.29, 0.717) is 35.8 Å². The molecule has 0 aliphatic carbocycles. The average Bonchev–Trinajstić information content (AvgIpc) is 3.29. The van der Waals surface area contributed by atoms with Crippen LogP contribution in [0.3, 0.4) is 0 Å². The fourth-order valence-corrected chi connectivity index (χ4v) is 4.21. The van der Waals surface area contributed by atoms with Crippen molar-refractivity contribution >= 4 is 34.9 Å². The standard InChI is InChI=1S/C27H23ClN4O2/c1-18-7-12-22(28)15-23(18)29-27(34)21-10-8-19(9-11-21)17-31-25-16-24(20-5-3-2-4-6-20)30-32(25)14-13-26(31)33/h2-12,15-16H,13-14,17H2,1H3,(H,29,34). The topological polar surface area (TPSA) is 67.2 Å². The van der Waals surface area contributed by atoms with E-state index >= 15 is 0 Å². The number of anilines is 2. The van der Waals surface area contributed by atoms with Crippen molar-refractivity contribution in [1.82, 2.24) is 9.78 Å². The zero-order chi connectivity index (χ0) is 23.7. The van der Waals surface area contributed by atoms with E-state index in [0.717, 1.165) is 28.2 Å². The zero-order valence-corrected chi connectivity index (χ0v) is 19.4. The monoisotopic (exact) mass is 470 g/mol. The quantitative estimate of drug-likeness (QED) is 0.406. The summed E-state index contributed by atoms with van der Waals surface area (Å²) >= 11 is 6.05. The third-order valence-electron chi connectivity index (χ3n) is 5.95. The molecule has 6 nitrogen and oxygen atoms in total. The van der Waals surface area contributed by atoms with Gasteiger partial charge in [-0.2, -0.15) is 5.10 Å². The summed E-state index contributed by atoms with van der Waals surface area (Å²) in [6.07, 6.45) is 0.405. The van der Waals surface area contributed by atoms with Gasteiger partial charge >= 0.3 is 0 Å². The molecule has 7 heteroatoms. The molecule has 0 radical (unpaired) electrons. The molecule has 1 aliphatic rings. The minimum atomic E-state index is -0.212. The summed E-state index contributed by atoms with van der Waals surface area (Å²) in [6.45, 7) is 2.90. The zero-order valence-electron chi connectivity index (χ0n) is 18.7. The van der Waals surface area contributed by atoms with Crippen LogP contribution in [0, 0.1) is 6.92 Å². The van der Waals surface area contributed by atoms with Gasteiger partial charge in [-0.05, 0) is 42.3 Å². The number of carbonyl (C=O) groups is 2. The highest BCUT2D eigenvalue weighted by atomic mass is 35.5. The lowest BCUT2D eigenvalue weighted by molar-refractivity contribution is -0.119. The number of rotatable bonds is 5. The van der Waals surface area contributed by atoms with Gasteiger partial charge in [-0.15, -0.1) is 0 Å². The predicted molar refractivity (Wildman–Crippen MR) is 134 cm³/mol. The maximum atomic E-state index is 12.8. The Hall–Kier alpha value is -3.90. The summed E-state index contributed by atoms with van der Waals surface area (Å²) in [4.78, 5) is 27.2. The number of fused-ring (bicyclic) bond motifs is 1. The second-order valence-corrected chi connectivity index (χ2v) is 8.75. The van der Waals surface area contributed by atoms with Crippen molar-refractivity contribution in [2.45, 2.75) is 26.4 Å². The smallest absolute Gasteiger partial charge is 0.255 e. The minimum absolute atomic E-state index is 0.0604. The van der Waals surface area contributed by atoms with Crippen LogP contribution in [0.15, 0.2) is 78.9 Å². The third kappa shape index (κ3) is 4.45. The lowest BCUT2D eigenvalue weighted by atomic mass is 10.1. The highest BCUT2D eigenvalue weighted by Gasteiger charge is 2.26. The van der Waals surface area contributed by atoms with Crippen LogP contribution >= 0.6 is 11.6 Å². The number of aryl methyl sites for hydroxylation is 2. The highest BCUT2D eigenvalue weighted by molar-refractivity contribution is 6.31. The highest BCUT2D eigenvalue weighted by Crippen LogP contribution is 2.29. The number of halogens is 1. The maximum Gasteiger partial charge on any atom is 0.255 e. The van der Waals surface area contributed by atoms with Crippen LogP contribution in [0.5, 0.6) is 0 Å². The molecule has 34 heavy (non-hydrogen) atoms. The van der Waals surface area contributed by atoms with Crippen LogP contribution in [0.2, 0.25) is 5.02 Å².